The second kappa shape index (κ2) is 5.36. The van der Waals surface area contributed by atoms with E-state index in [0.29, 0.717) is 5.82 Å². The third kappa shape index (κ3) is 2.76. The van der Waals surface area contributed by atoms with Crippen molar-refractivity contribution < 1.29 is 0 Å². The van der Waals surface area contributed by atoms with E-state index < -0.39 is 0 Å². The van der Waals surface area contributed by atoms with Gasteiger partial charge >= 0.3 is 0 Å². The van der Waals surface area contributed by atoms with Crippen LogP contribution < -0.4 is 10.6 Å². The molecule has 0 saturated carbocycles. The maximum Gasteiger partial charge on any atom is 0.136 e. The fraction of sp³-hybridized carbons (Fsp3) is 0.188. The maximum absolute atomic E-state index is 4.62. The minimum absolute atomic E-state index is 0.716. The third-order valence-electron chi connectivity index (χ3n) is 3.22. The molecule has 0 saturated heterocycles. The fourth-order valence-corrected chi connectivity index (χ4v) is 2.24. The number of hydrogen-bond acceptors (Lipinski definition) is 5. The molecule has 2 aromatic heterocycles. The van der Waals surface area contributed by atoms with Crippen molar-refractivity contribution in [3.8, 4) is 0 Å². The van der Waals surface area contributed by atoms with E-state index in [2.05, 4.69) is 37.7 Å². The van der Waals surface area contributed by atoms with Crippen LogP contribution in [0.2, 0.25) is 0 Å². The molecule has 0 bridgehead atoms. The summed E-state index contributed by atoms with van der Waals surface area (Å²) in [5.41, 5.74) is 2.88. The van der Waals surface area contributed by atoms with E-state index in [1.54, 1.807) is 0 Å². The molecule has 106 valence electrons. The SMILES string of the molecule is CNc1cc(Nc2cccc3ccc(C)nc23)nc(C)n1. The lowest BCUT2D eigenvalue weighted by Crippen LogP contribution is -2.02. The minimum atomic E-state index is 0.716. The number of rotatable bonds is 3. The molecule has 0 radical (unpaired) electrons. The van der Waals surface area contributed by atoms with Crippen LogP contribution in [0.5, 0.6) is 0 Å². The Kier molecular flexibility index (Phi) is 3.39. The summed E-state index contributed by atoms with van der Waals surface area (Å²) in [6, 6.07) is 12.0. The highest BCUT2D eigenvalue weighted by atomic mass is 15.1. The van der Waals surface area contributed by atoms with Crippen LogP contribution in [-0.4, -0.2) is 22.0 Å². The first kappa shape index (κ1) is 13.3. The van der Waals surface area contributed by atoms with E-state index in [-0.39, 0.29) is 0 Å². The van der Waals surface area contributed by atoms with Crippen LogP contribution in [0.3, 0.4) is 0 Å². The van der Waals surface area contributed by atoms with Gasteiger partial charge in [0.15, 0.2) is 0 Å². The normalized spacial score (nSPS) is 10.6. The number of aryl methyl sites for hydroxylation is 2. The molecule has 0 aliphatic carbocycles. The third-order valence-corrected chi connectivity index (χ3v) is 3.22. The van der Waals surface area contributed by atoms with E-state index in [0.717, 1.165) is 33.9 Å². The van der Waals surface area contributed by atoms with Crippen molar-refractivity contribution in [3.63, 3.8) is 0 Å². The van der Waals surface area contributed by atoms with Gasteiger partial charge in [-0.1, -0.05) is 18.2 Å². The molecule has 0 atom stereocenters. The van der Waals surface area contributed by atoms with Crippen molar-refractivity contribution in [1.82, 2.24) is 15.0 Å². The quantitative estimate of drug-likeness (QED) is 0.769. The van der Waals surface area contributed by atoms with Gasteiger partial charge in [0, 0.05) is 24.2 Å². The van der Waals surface area contributed by atoms with Crippen molar-refractivity contribution in [1.29, 1.82) is 0 Å². The zero-order chi connectivity index (χ0) is 14.8. The molecule has 3 rings (SSSR count). The monoisotopic (exact) mass is 279 g/mol. The molecule has 0 fully saturated rings. The first-order chi connectivity index (χ1) is 10.2. The summed E-state index contributed by atoms with van der Waals surface area (Å²) in [6.07, 6.45) is 0. The number of anilines is 3. The molecule has 0 spiro atoms. The summed E-state index contributed by atoms with van der Waals surface area (Å²) >= 11 is 0. The number of nitrogens with one attached hydrogen (secondary N) is 2. The van der Waals surface area contributed by atoms with Crippen molar-refractivity contribution in [2.45, 2.75) is 13.8 Å². The molecule has 21 heavy (non-hydrogen) atoms. The lowest BCUT2D eigenvalue weighted by molar-refractivity contribution is 1.06. The molecule has 2 N–H and O–H groups in total. The lowest BCUT2D eigenvalue weighted by atomic mass is 10.1. The van der Waals surface area contributed by atoms with E-state index in [9.17, 15) is 0 Å². The molecule has 0 aliphatic heterocycles. The van der Waals surface area contributed by atoms with Crippen molar-refractivity contribution in [3.05, 3.63) is 47.9 Å². The number of hydrogen-bond donors (Lipinski definition) is 2. The second-order valence-corrected chi connectivity index (χ2v) is 4.89. The van der Waals surface area contributed by atoms with Crippen LogP contribution in [0.1, 0.15) is 11.5 Å². The number of pyridine rings is 1. The summed E-state index contributed by atoms with van der Waals surface area (Å²) in [4.78, 5) is 13.3. The lowest BCUT2D eigenvalue weighted by Gasteiger charge is -2.10. The van der Waals surface area contributed by atoms with E-state index in [1.165, 1.54) is 0 Å². The van der Waals surface area contributed by atoms with Gasteiger partial charge in [-0.05, 0) is 26.0 Å². The van der Waals surface area contributed by atoms with E-state index in [1.807, 2.05) is 45.2 Å². The molecule has 2 heterocycles. The smallest absolute Gasteiger partial charge is 0.136 e. The first-order valence-corrected chi connectivity index (χ1v) is 6.82. The van der Waals surface area contributed by atoms with Gasteiger partial charge in [-0.25, -0.2) is 9.97 Å². The van der Waals surface area contributed by atoms with Crippen molar-refractivity contribution in [2.75, 3.05) is 17.7 Å². The van der Waals surface area contributed by atoms with Crippen molar-refractivity contribution in [2.24, 2.45) is 0 Å². The first-order valence-electron chi connectivity index (χ1n) is 6.82. The van der Waals surface area contributed by atoms with Crippen molar-refractivity contribution >= 4 is 28.2 Å². The molecule has 0 aliphatic rings. The predicted molar refractivity (Wildman–Crippen MR) is 86.1 cm³/mol. The zero-order valence-corrected chi connectivity index (χ0v) is 12.3. The molecule has 3 aromatic rings. The molecule has 5 nitrogen and oxygen atoms in total. The maximum atomic E-state index is 4.62. The molecule has 0 unspecified atom stereocenters. The Morgan fingerprint density at radius 2 is 1.71 bits per heavy atom. The second-order valence-electron chi connectivity index (χ2n) is 4.89. The van der Waals surface area contributed by atoms with Gasteiger partial charge in [0.1, 0.15) is 17.5 Å². The molecular formula is C16H17N5. The highest BCUT2D eigenvalue weighted by Gasteiger charge is 2.06. The topological polar surface area (TPSA) is 62.7 Å². The summed E-state index contributed by atoms with van der Waals surface area (Å²) < 4.78 is 0. The average Bonchev–Trinajstić information content (AvgIpc) is 2.47. The average molecular weight is 279 g/mol. The van der Waals surface area contributed by atoms with Gasteiger partial charge < -0.3 is 10.6 Å². The summed E-state index contributed by atoms with van der Waals surface area (Å²) in [6.45, 7) is 3.86. The van der Waals surface area contributed by atoms with Gasteiger partial charge in [0.05, 0.1) is 11.2 Å². The number of fused-ring (bicyclic) bond motifs is 1. The van der Waals surface area contributed by atoms with Gasteiger partial charge in [-0.2, -0.15) is 0 Å². The summed E-state index contributed by atoms with van der Waals surface area (Å²) in [5, 5.41) is 7.47. The number of nitrogens with zero attached hydrogens (tertiary/aromatic N) is 3. The Morgan fingerprint density at radius 3 is 2.52 bits per heavy atom. The predicted octanol–water partition coefficient (Wildman–Crippen LogP) is 3.43. The Hall–Kier alpha value is -2.69. The van der Waals surface area contributed by atoms with Crippen LogP contribution in [-0.2, 0) is 0 Å². The Balaban J connectivity index is 2.05. The highest BCUT2D eigenvalue weighted by molar-refractivity contribution is 5.92. The standard InChI is InChI=1S/C16H17N5/c1-10-7-8-12-5-4-6-13(16(12)18-10)21-15-9-14(17-3)19-11(2)20-15/h4-9H,1-3H3,(H2,17,19,20,21). The Labute approximate surface area is 123 Å². The van der Waals surface area contributed by atoms with Gasteiger partial charge in [0.25, 0.3) is 0 Å². The zero-order valence-electron chi connectivity index (χ0n) is 12.3. The van der Waals surface area contributed by atoms with E-state index >= 15 is 0 Å². The molecule has 5 heteroatoms. The van der Waals surface area contributed by atoms with Crippen LogP contribution in [0.15, 0.2) is 36.4 Å². The molecule has 0 amide bonds. The number of benzene rings is 1. The summed E-state index contributed by atoms with van der Waals surface area (Å²) in [7, 11) is 1.84. The Bertz CT molecular complexity index is 798. The van der Waals surface area contributed by atoms with Gasteiger partial charge in [-0.15, -0.1) is 0 Å². The van der Waals surface area contributed by atoms with Crippen LogP contribution in [0, 0.1) is 13.8 Å². The van der Waals surface area contributed by atoms with E-state index in [4.69, 9.17) is 0 Å². The fourth-order valence-electron chi connectivity index (χ4n) is 2.24. The van der Waals surface area contributed by atoms with Gasteiger partial charge in [-0.3, -0.25) is 4.98 Å². The number of para-hydroxylation sites is 1. The summed E-state index contributed by atoms with van der Waals surface area (Å²) in [5.74, 6) is 2.26. The van der Waals surface area contributed by atoms with Crippen LogP contribution in [0.25, 0.3) is 10.9 Å². The van der Waals surface area contributed by atoms with Gasteiger partial charge in [0.2, 0.25) is 0 Å². The van der Waals surface area contributed by atoms with Crippen LogP contribution >= 0.6 is 0 Å². The minimum Gasteiger partial charge on any atom is -0.373 e. The Morgan fingerprint density at radius 1 is 0.905 bits per heavy atom. The highest BCUT2D eigenvalue weighted by Crippen LogP contribution is 2.25. The molecular weight excluding hydrogens is 262 g/mol. The molecule has 1 aromatic carbocycles. The van der Waals surface area contributed by atoms with Crippen LogP contribution in [0.4, 0.5) is 17.3 Å². The largest absolute Gasteiger partial charge is 0.373 e. The number of aromatic nitrogens is 3.